The van der Waals surface area contributed by atoms with Gasteiger partial charge in [0.1, 0.15) is 0 Å². The highest BCUT2D eigenvalue weighted by Crippen LogP contribution is 2.25. The van der Waals surface area contributed by atoms with Gasteiger partial charge in [-0.3, -0.25) is 0 Å². The number of nitrogens with one attached hydrogen (secondary N) is 1. The minimum absolute atomic E-state index is 0.219. The average Bonchev–Trinajstić information content (AvgIpc) is 2.78. The molecule has 0 unspecified atom stereocenters. The molecule has 0 radical (unpaired) electrons. The van der Waals surface area contributed by atoms with E-state index in [9.17, 15) is 4.79 Å². The quantitative estimate of drug-likeness (QED) is 0.731. The summed E-state index contributed by atoms with van der Waals surface area (Å²) in [6.07, 6.45) is 1.23. The summed E-state index contributed by atoms with van der Waals surface area (Å²) in [7, 11) is 0. The lowest BCUT2D eigenvalue weighted by Crippen LogP contribution is -2.43. The highest BCUT2D eigenvalue weighted by Gasteiger charge is 2.38. The Balaban J connectivity index is 1.92. The van der Waals surface area contributed by atoms with E-state index in [1.807, 2.05) is 23.6 Å². The van der Waals surface area contributed by atoms with E-state index >= 15 is 0 Å². The molecule has 0 aromatic carbocycles. The Morgan fingerprint density at radius 3 is 2.73 bits per heavy atom. The molecule has 15 heavy (non-hydrogen) atoms. The predicted octanol–water partition coefficient (Wildman–Crippen LogP) is 0.742. The van der Waals surface area contributed by atoms with Crippen molar-refractivity contribution in [3.05, 3.63) is 0 Å². The van der Waals surface area contributed by atoms with Gasteiger partial charge in [-0.25, -0.2) is 4.79 Å². The first kappa shape index (κ1) is 10.7. The van der Waals surface area contributed by atoms with Gasteiger partial charge < -0.3 is 15.1 Å². The van der Waals surface area contributed by atoms with Crippen LogP contribution in [-0.2, 0) is 0 Å². The molecular weight excluding hydrogens is 190 g/mol. The van der Waals surface area contributed by atoms with E-state index in [1.54, 1.807) is 0 Å². The van der Waals surface area contributed by atoms with Crippen molar-refractivity contribution in [2.24, 2.45) is 5.92 Å². The molecule has 2 heterocycles. The number of amides is 2. The van der Waals surface area contributed by atoms with Gasteiger partial charge in [0.2, 0.25) is 0 Å². The second kappa shape index (κ2) is 4.39. The molecule has 0 bridgehead atoms. The summed E-state index contributed by atoms with van der Waals surface area (Å²) in [6.45, 7) is 8.69. The van der Waals surface area contributed by atoms with E-state index in [-0.39, 0.29) is 6.03 Å². The van der Waals surface area contributed by atoms with E-state index in [0.717, 1.165) is 32.7 Å². The zero-order valence-corrected chi connectivity index (χ0v) is 9.70. The van der Waals surface area contributed by atoms with Crippen molar-refractivity contribution in [3.63, 3.8) is 0 Å². The normalized spacial score (nSPS) is 29.3. The predicted molar refractivity (Wildman–Crippen MR) is 59.8 cm³/mol. The maximum Gasteiger partial charge on any atom is 0.320 e. The summed E-state index contributed by atoms with van der Waals surface area (Å²) in [5.74, 6) is 0.699. The Morgan fingerprint density at radius 1 is 1.40 bits per heavy atom. The Hall–Kier alpha value is -0.770. The van der Waals surface area contributed by atoms with Gasteiger partial charge in [0.15, 0.2) is 0 Å². The molecule has 0 aliphatic carbocycles. The van der Waals surface area contributed by atoms with Crippen molar-refractivity contribution in [1.82, 2.24) is 15.1 Å². The van der Waals surface area contributed by atoms with Gasteiger partial charge in [0, 0.05) is 32.2 Å². The molecule has 2 saturated heterocycles. The van der Waals surface area contributed by atoms with Crippen LogP contribution in [0.3, 0.4) is 0 Å². The zero-order chi connectivity index (χ0) is 10.8. The zero-order valence-electron chi connectivity index (χ0n) is 9.70. The summed E-state index contributed by atoms with van der Waals surface area (Å²) < 4.78 is 0. The highest BCUT2D eigenvalue weighted by atomic mass is 16.2. The van der Waals surface area contributed by atoms with Crippen molar-refractivity contribution >= 4 is 6.03 Å². The number of rotatable bonds is 2. The molecule has 2 aliphatic rings. The monoisotopic (exact) mass is 211 g/mol. The van der Waals surface area contributed by atoms with Crippen LogP contribution in [0.1, 0.15) is 20.3 Å². The highest BCUT2D eigenvalue weighted by molar-refractivity contribution is 5.74. The van der Waals surface area contributed by atoms with Crippen LogP contribution in [0, 0.1) is 5.92 Å². The number of fused-ring (bicyclic) bond motifs is 1. The number of hydrogen-bond donors (Lipinski definition) is 1. The minimum atomic E-state index is 0.219. The third-order valence-corrected chi connectivity index (χ3v) is 3.67. The average molecular weight is 211 g/mol. The summed E-state index contributed by atoms with van der Waals surface area (Å²) in [5, 5.41) is 3.47. The van der Waals surface area contributed by atoms with Crippen molar-refractivity contribution in [2.75, 3.05) is 32.7 Å². The second-order valence-corrected chi connectivity index (χ2v) is 4.47. The molecule has 0 spiro atoms. The number of hydrogen-bond acceptors (Lipinski definition) is 2. The number of carbonyl (C=O) groups excluding carboxylic acids is 1. The Bertz CT molecular complexity index is 228. The van der Waals surface area contributed by atoms with Gasteiger partial charge in [-0.05, 0) is 32.7 Å². The van der Waals surface area contributed by atoms with Gasteiger partial charge in [0.25, 0.3) is 0 Å². The Morgan fingerprint density at radius 2 is 2.13 bits per heavy atom. The lowest BCUT2D eigenvalue weighted by molar-refractivity contribution is 0.164. The van der Waals surface area contributed by atoms with Gasteiger partial charge in [-0.15, -0.1) is 0 Å². The molecule has 0 saturated carbocycles. The van der Waals surface area contributed by atoms with Crippen molar-refractivity contribution < 1.29 is 4.79 Å². The first-order valence-electron chi connectivity index (χ1n) is 6.03. The van der Waals surface area contributed by atoms with Crippen LogP contribution in [0.15, 0.2) is 0 Å². The minimum Gasteiger partial charge on any atom is -0.325 e. The van der Waals surface area contributed by atoms with E-state index in [2.05, 4.69) is 5.32 Å². The van der Waals surface area contributed by atoms with E-state index < -0.39 is 0 Å². The lowest BCUT2D eigenvalue weighted by atomic mass is 10.1. The smallest absolute Gasteiger partial charge is 0.320 e. The van der Waals surface area contributed by atoms with Gasteiger partial charge >= 0.3 is 6.03 Å². The molecule has 0 aromatic rings. The Labute approximate surface area is 91.6 Å². The fraction of sp³-hybridized carbons (Fsp3) is 0.909. The topological polar surface area (TPSA) is 35.6 Å². The molecule has 2 rings (SSSR count). The summed E-state index contributed by atoms with van der Waals surface area (Å²) in [6, 6.07) is 0.778. The van der Waals surface area contributed by atoms with Crippen LogP contribution in [0.2, 0.25) is 0 Å². The SMILES string of the molecule is CCN(CC)C(=O)N1C[C@@H]2CCN[C@@H]2C1. The molecule has 0 aromatic heterocycles. The molecule has 2 fully saturated rings. The molecule has 2 atom stereocenters. The van der Waals surface area contributed by atoms with Crippen LogP contribution in [0.25, 0.3) is 0 Å². The van der Waals surface area contributed by atoms with E-state index in [4.69, 9.17) is 0 Å². The lowest BCUT2D eigenvalue weighted by Gasteiger charge is -2.26. The molecule has 86 valence electrons. The molecular formula is C11H21N3O. The standard InChI is InChI=1S/C11H21N3O/c1-3-13(4-2)11(15)14-7-9-5-6-12-10(9)8-14/h9-10,12H,3-8H2,1-2H3/t9-,10+/m0/s1. The molecule has 4 heteroatoms. The summed E-state index contributed by atoms with van der Waals surface area (Å²) >= 11 is 0. The second-order valence-electron chi connectivity index (χ2n) is 4.47. The van der Waals surface area contributed by atoms with E-state index in [0.29, 0.717) is 12.0 Å². The molecule has 4 nitrogen and oxygen atoms in total. The number of carbonyl (C=O) groups is 1. The Kier molecular flexibility index (Phi) is 3.14. The van der Waals surface area contributed by atoms with Crippen LogP contribution >= 0.6 is 0 Å². The van der Waals surface area contributed by atoms with Crippen molar-refractivity contribution in [3.8, 4) is 0 Å². The van der Waals surface area contributed by atoms with E-state index in [1.165, 1.54) is 6.42 Å². The molecule has 1 N–H and O–H groups in total. The summed E-state index contributed by atoms with van der Waals surface area (Å²) in [4.78, 5) is 16.0. The van der Waals surface area contributed by atoms with Gasteiger partial charge in [-0.1, -0.05) is 0 Å². The van der Waals surface area contributed by atoms with Gasteiger partial charge in [-0.2, -0.15) is 0 Å². The molecule has 2 amide bonds. The van der Waals surface area contributed by atoms with Crippen LogP contribution in [-0.4, -0.2) is 54.6 Å². The first-order chi connectivity index (χ1) is 7.26. The van der Waals surface area contributed by atoms with Gasteiger partial charge in [0.05, 0.1) is 0 Å². The molecule has 2 aliphatic heterocycles. The third-order valence-electron chi connectivity index (χ3n) is 3.67. The van der Waals surface area contributed by atoms with Crippen molar-refractivity contribution in [1.29, 1.82) is 0 Å². The number of likely N-dealkylation sites (tertiary alicyclic amines) is 1. The third kappa shape index (κ3) is 1.95. The fourth-order valence-corrected chi connectivity index (χ4v) is 2.70. The maximum absolute atomic E-state index is 12.1. The maximum atomic E-state index is 12.1. The number of urea groups is 1. The van der Waals surface area contributed by atoms with Crippen LogP contribution in [0.5, 0.6) is 0 Å². The van der Waals surface area contributed by atoms with Crippen molar-refractivity contribution in [2.45, 2.75) is 26.3 Å². The number of nitrogens with zero attached hydrogens (tertiary/aromatic N) is 2. The van der Waals surface area contributed by atoms with Crippen LogP contribution < -0.4 is 5.32 Å². The fourth-order valence-electron chi connectivity index (χ4n) is 2.70. The largest absolute Gasteiger partial charge is 0.325 e. The summed E-state index contributed by atoms with van der Waals surface area (Å²) in [5.41, 5.74) is 0. The van der Waals surface area contributed by atoms with Crippen LogP contribution in [0.4, 0.5) is 4.79 Å². The first-order valence-corrected chi connectivity index (χ1v) is 6.03.